The SMILES string of the molecule is CC(Cc1ccsc1)NCc1cc(Cl)c2c(c1)OCO2. The highest BCUT2D eigenvalue weighted by molar-refractivity contribution is 7.07. The molecule has 0 amide bonds. The maximum atomic E-state index is 6.17. The minimum absolute atomic E-state index is 0.250. The van der Waals surface area contributed by atoms with E-state index >= 15 is 0 Å². The maximum Gasteiger partial charge on any atom is 0.231 e. The number of nitrogens with one attached hydrogen (secondary N) is 1. The van der Waals surface area contributed by atoms with Gasteiger partial charge in [0.15, 0.2) is 11.5 Å². The molecule has 5 heteroatoms. The molecule has 20 heavy (non-hydrogen) atoms. The summed E-state index contributed by atoms with van der Waals surface area (Å²) in [5, 5.41) is 8.42. The van der Waals surface area contributed by atoms with Crippen LogP contribution in [0.4, 0.5) is 0 Å². The fraction of sp³-hybridized carbons (Fsp3) is 0.333. The smallest absolute Gasteiger partial charge is 0.231 e. The van der Waals surface area contributed by atoms with Gasteiger partial charge in [-0.05, 0) is 53.4 Å². The molecule has 3 rings (SSSR count). The standard InChI is InChI=1S/C15H16ClNO2S/c1-10(4-11-2-3-20-8-11)17-7-12-5-13(16)15-14(6-12)18-9-19-15/h2-3,5-6,8,10,17H,4,7,9H2,1H3. The summed E-state index contributed by atoms with van der Waals surface area (Å²) in [6.07, 6.45) is 1.03. The van der Waals surface area contributed by atoms with Crippen molar-refractivity contribution in [2.45, 2.75) is 25.9 Å². The summed E-state index contributed by atoms with van der Waals surface area (Å²) in [6.45, 7) is 3.20. The minimum Gasteiger partial charge on any atom is -0.454 e. The number of hydrogen-bond donors (Lipinski definition) is 1. The van der Waals surface area contributed by atoms with Crippen LogP contribution >= 0.6 is 22.9 Å². The fourth-order valence-corrected chi connectivity index (χ4v) is 3.22. The Morgan fingerprint density at radius 3 is 3.05 bits per heavy atom. The Morgan fingerprint density at radius 2 is 2.25 bits per heavy atom. The monoisotopic (exact) mass is 309 g/mol. The lowest BCUT2D eigenvalue weighted by Gasteiger charge is -2.13. The van der Waals surface area contributed by atoms with Gasteiger partial charge in [0.1, 0.15) is 0 Å². The van der Waals surface area contributed by atoms with Crippen LogP contribution in [0.3, 0.4) is 0 Å². The van der Waals surface area contributed by atoms with E-state index < -0.39 is 0 Å². The Kier molecular flexibility index (Phi) is 4.15. The highest BCUT2D eigenvalue weighted by atomic mass is 35.5. The molecule has 0 aliphatic carbocycles. The van der Waals surface area contributed by atoms with Crippen molar-refractivity contribution in [3.63, 3.8) is 0 Å². The molecular weight excluding hydrogens is 294 g/mol. The molecule has 0 fully saturated rings. The van der Waals surface area contributed by atoms with Crippen molar-refractivity contribution in [1.29, 1.82) is 0 Å². The zero-order valence-corrected chi connectivity index (χ0v) is 12.8. The first-order valence-electron chi connectivity index (χ1n) is 6.55. The zero-order valence-electron chi connectivity index (χ0n) is 11.2. The molecule has 1 atom stereocenters. The summed E-state index contributed by atoms with van der Waals surface area (Å²) >= 11 is 7.91. The second-order valence-corrected chi connectivity index (χ2v) is 6.12. The molecular formula is C15H16ClNO2S. The van der Waals surface area contributed by atoms with E-state index in [-0.39, 0.29) is 6.79 Å². The number of hydrogen-bond acceptors (Lipinski definition) is 4. The number of fused-ring (bicyclic) bond motifs is 1. The highest BCUT2D eigenvalue weighted by Crippen LogP contribution is 2.39. The third kappa shape index (κ3) is 3.08. The van der Waals surface area contributed by atoms with Crippen LogP contribution in [-0.4, -0.2) is 12.8 Å². The summed E-state index contributed by atoms with van der Waals surface area (Å²) in [5.74, 6) is 1.39. The second kappa shape index (κ2) is 6.04. The Bertz CT molecular complexity index is 586. The lowest BCUT2D eigenvalue weighted by Crippen LogP contribution is -2.27. The van der Waals surface area contributed by atoms with Crippen molar-refractivity contribution < 1.29 is 9.47 Å². The van der Waals surface area contributed by atoms with Crippen LogP contribution in [0.2, 0.25) is 5.02 Å². The molecule has 0 radical (unpaired) electrons. The van der Waals surface area contributed by atoms with Gasteiger partial charge in [0, 0.05) is 12.6 Å². The highest BCUT2D eigenvalue weighted by Gasteiger charge is 2.18. The van der Waals surface area contributed by atoms with Crippen LogP contribution in [0.1, 0.15) is 18.1 Å². The molecule has 0 spiro atoms. The van der Waals surface area contributed by atoms with Crippen LogP contribution in [0.5, 0.6) is 11.5 Å². The Hall–Kier alpha value is -1.23. The van der Waals surface area contributed by atoms with Crippen molar-refractivity contribution in [3.8, 4) is 11.5 Å². The van der Waals surface area contributed by atoms with Crippen molar-refractivity contribution in [2.24, 2.45) is 0 Å². The number of halogens is 1. The molecule has 2 aromatic rings. The van der Waals surface area contributed by atoms with Crippen LogP contribution in [0.15, 0.2) is 29.0 Å². The Labute approximate surface area is 127 Å². The lowest BCUT2D eigenvalue weighted by atomic mass is 10.1. The van der Waals surface area contributed by atoms with E-state index in [1.165, 1.54) is 5.56 Å². The molecule has 0 saturated carbocycles. The summed E-state index contributed by atoms with van der Waals surface area (Å²) in [7, 11) is 0. The van der Waals surface area contributed by atoms with Crippen LogP contribution in [-0.2, 0) is 13.0 Å². The molecule has 1 aliphatic rings. The molecule has 2 heterocycles. The summed E-state index contributed by atoms with van der Waals surface area (Å²) in [4.78, 5) is 0. The van der Waals surface area contributed by atoms with Gasteiger partial charge in [-0.3, -0.25) is 0 Å². The second-order valence-electron chi connectivity index (χ2n) is 4.93. The molecule has 1 aliphatic heterocycles. The number of rotatable bonds is 5. The van der Waals surface area contributed by atoms with Crippen molar-refractivity contribution in [2.75, 3.05) is 6.79 Å². The van der Waals surface area contributed by atoms with Gasteiger partial charge in [-0.1, -0.05) is 11.6 Å². The quantitative estimate of drug-likeness (QED) is 0.910. The maximum absolute atomic E-state index is 6.17. The molecule has 3 nitrogen and oxygen atoms in total. The molecule has 1 N–H and O–H groups in total. The molecule has 0 bridgehead atoms. The number of thiophene rings is 1. The normalized spacial score (nSPS) is 14.5. The predicted octanol–water partition coefficient (Wildman–Crippen LogP) is 3.85. The van der Waals surface area contributed by atoms with Gasteiger partial charge in [-0.2, -0.15) is 11.3 Å². The molecule has 1 aromatic heterocycles. The molecule has 106 valence electrons. The van der Waals surface area contributed by atoms with E-state index in [0.717, 1.165) is 24.3 Å². The van der Waals surface area contributed by atoms with E-state index in [9.17, 15) is 0 Å². The first-order valence-corrected chi connectivity index (χ1v) is 7.87. The van der Waals surface area contributed by atoms with Gasteiger partial charge in [0.2, 0.25) is 6.79 Å². The average Bonchev–Trinajstić information content (AvgIpc) is 3.07. The largest absolute Gasteiger partial charge is 0.454 e. The first-order chi connectivity index (χ1) is 9.72. The van der Waals surface area contributed by atoms with Gasteiger partial charge in [-0.15, -0.1) is 0 Å². The van der Waals surface area contributed by atoms with E-state index in [2.05, 4.69) is 29.1 Å². The Morgan fingerprint density at radius 1 is 1.35 bits per heavy atom. The fourth-order valence-electron chi connectivity index (χ4n) is 2.25. The molecule has 0 saturated heterocycles. The number of ether oxygens (including phenoxy) is 2. The van der Waals surface area contributed by atoms with Gasteiger partial charge >= 0.3 is 0 Å². The van der Waals surface area contributed by atoms with E-state index in [1.807, 2.05) is 12.1 Å². The van der Waals surface area contributed by atoms with Crippen LogP contribution in [0, 0.1) is 0 Å². The van der Waals surface area contributed by atoms with Gasteiger partial charge in [0.25, 0.3) is 0 Å². The average molecular weight is 310 g/mol. The van der Waals surface area contributed by atoms with Crippen molar-refractivity contribution in [3.05, 3.63) is 45.1 Å². The predicted molar refractivity (Wildman–Crippen MR) is 81.9 cm³/mol. The summed E-state index contributed by atoms with van der Waals surface area (Å²) in [5.41, 5.74) is 2.48. The first kappa shape index (κ1) is 13.7. The molecule has 1 unspecified atom stereocenters. The van der Waals surface area contributed by atoms with Crippen LogP contribution < -0.4 is 14.8 Å². The van der Waals surface area contributed by atoms with E-state index in [0.29, 0.717) is 16.8 Å². The lowest BCUT2D eigenvalue weighted by molar-refractivity contribution is 0.174. The summed E-state index contributed by atoms with van der Waals surface area (Å²) in [6, 6.07) is 6.49. The summed E-state index contributed by atoms with van der Waals surface area (Å²) < 4.78 is 10.7. The molecule has 1 aromatic carbocycles. The Balaban J connectivity index is 1.59. The van der Waals surface area contributed by atoms with Crippen molar-refractivity contribution >= 4 is 22.9 Å². The van der Waals surface area contributed by atoms with Gasteiger partial charge < -0.3 is 14.8 Å². The van der Waals surface area contributed by atoms with E-state index in [4.69, 9.17) is 21.1 Å². The van der Waals surface area contributed by atoms with Gasteiger partial charge in [-0.25, -0.2) is 0 Å². The van der Waals surface area contributed by atoms with E-state index in [1.54, 1.807) is 11.3 Å². The minimum atomic E-state index is 0.250. The third-order valence-electron chi connectivity index (χ3n) is 3.26. The van der Waals surface area contributed by atoms with Crippen LogP contribution in [0.25, 0.3) is 0 Å². The topological polar surface area (TPSA) is 30.5 Å². The zero-order chi connectivity index (χ0) is 13.9. The van der Waals surface area contributed by atoms with Gasteiger partial charge in [0.05, 0.1) is 5.02 Å². The third-order valence-corrected chi connectivity index (χ3v) is 4.28. The number of benzene rings is 1. The van der Waals surface area contributed by atoms with Crippen molar-refractivity contribution in [1.82, 2.24) is 5.32 Å².